The van der Waals surface area contributed by atoms with Crippen molar-refractivity contribution in [2.45, 2.75) is 19.7 Å². The molecular formula is C23H28N6O2. The number of ether oxygens (including phenoxy) is 1. The maximum absolute atomic E-state index is 5.97. The van der Waals surface area contributed by atoms with Crippen LogP contribution in [-0.4, -0.2) is 59.1 Å². The number of hydrogen-bond acceptors (Lipinski definition) is 6. The normalized spacial score (nSPS) is 15.1. The van der Waals surface area contributed by atoms with Gasteiger partial charge in [-0.05, 0) is 11.6 Å². The summed E-state index contributed by atoms with van der Waals surface area (Å²) in [6.07, 6.45) is 3.38. The molecule has 0 saturated carbocycles. The lowest BCUT2D eigenvalue weighted by molar-refractivity contribution is 0.169. The summed E-state index contributed by atoms with van der Waals surface area (Å²) in [7, 11) is 1.82. The summed E-state index contributed by atoms with van der Waals surface area (Å²) in [5, 5.41) is 7.47. The average Bonchev–Trinajstić information content (AvgIpc) is 3.33. The van der Waals surface area contributed by atoms with E-state index in [1.165, 1.54) is 0 Å². The highest BCUT2D eigenvalue weighted by molar-refractivity contribution is 5.80. The number of nitrogens with zero attached hydrogens (tertiary/aromatic N) is 5. The summed E-state index contributed by atoms with van der Waals surface area (Å²) in [6, 6.07) is 16.0. The first kappa shape index (κ1) is 20.9. The third-order valence-corrected chi connectivity index (χ3v) is 5.27. The van der Waals surface area contributed by atoms with E-state index >= 15 is 0 Å². The van der Waals surface area contributed by atoms with Crippen molar-refractivity contribution in [2.24, 2.45) is 4.99 Å². The van der Waals surface area contributed by atoms with E-state index in [0.717, 1.165) is 55.5 Å². The van der Waals surface area contributed by atoms with Crippen LogP contribution in [0.15, 0.2) is 70.5 Å². The van der Waals surface area contributed by atoms with Crippen LogP contribution in [0.3, 0.4) is 0 Å². The first-order valence-electron chi connectivity index (χ1n) is 10.5. The maximum Gasteiger partial charge on any atom is 0.218 e. The quantitative estimate of drug-likeness (QED) is 0.465. The highest BCUT2D eigenvalue weighted by atomic mass is 16.5. The molecule has 0 atom stereocenters. The minimum Gasteiger partial charge on any atom is -0.473 e. The molecule has 162 valence electrons. The van der Waals surface area contributed by atoms with Crippen LogP contribution in [0.4, 0.5) is 0 Å². The van der Waals surface area contributed by atoms with Gasteiger partial charge in [0.2, 0.25) is 5.88 Å². The van der Waals surface area contributed by atoms with Crippen LogP contribution in [0.5, 0.6) is 5.88 Å². The minimum absolute atomic E-state index is 0.493. The van der Waals surface area contributed by atoms with Crippen molar-refractivity contribution in [3.05, 3.63) is 77.8 Å². The molecule has 0 radical (unpaired) electrons. The van der Waals surface area contributed by atoms with E-state index in [0.29, 0.717) is 19.0 Å². The molecule has 0 spiro atoms. The third-order valence-electron chi connectivity index (χ3n) is 5.27. The van der Waals surface area contributed by atoms with E-state index in [2.05, 4.69) is 30.2 Å². The molecule has 0 bridgehead atoms. The second kappa shape index (κ2) is 10.6. The SMILES string of the molecule is CN=C(NCc1cccnc1OCc1ccccc1)N1CCN(Cc2ccon2)CC1. The molecule has 1 saturated heterocycles. The zero-order chi connectivity index (χ0) is 21.3. The standard InChI is InChI=1S/C23H28N6O2/c1-24-23(29-13-11-28(12-14-29)17-21-9-15-31-27-21)26-16-20-8-5-10-25-22(20)30-18-19-6-3-2-4-7-19/h2-10,15H,11-14,16-18H2,1H3,(H,24,26). The fourth-order valence-electron chi connectivity index (χ4n) is 3.59. The molecule has 31 heavy (non-hydrogen) atoms. The van der Waals surface area contributed by atoms with Gasteiger partial charge in [-0.3, -0.25) is 9.89 Å². The molecular weight excluding hydrogens is 392 g/mol. The highest BCUT2D eigenvalue weighted by Gasteiger charge is 2.20. The topological polar surface area (TPSA) is 79.0 Å². The number of piperazine rings is 1. The highest BCUT2D eigenvalue weighted by Crippen LogP contribution is 2.16. The summed E-state index contributed by atoms with van der Waals surface area (Å²) in [4.78, 5) is 13.5. The van der Waals surface area contributed by atoms with Crippen molar-refractivity contribution in [3.8, 4) is 5.88 Å². The van der Waals surface area contributed by atoms with E-state index in [1.807, 2.05) is 55.6 Å². The number of guanidine groups is 1. The number of aromatic nitrogens is 2. The molecule has 3 aromatic rings. The molecule has 0 aliphatic carbocycles. The molecule has 8 heteroatoms. The van der Waals surface area contributed by atoms with Gasteiger partial charge in [0.15, 0.2) is 5.96 Å². The lowest BCUT2D eigenvalue weighted by Gasteiger charge is -2.36. The molecule has 1 aromatic carbocycles. The maximum atomic E-state index is 5.97. The van der Waals surface area contributed by atoms with Gasteiger partial charge >= 0.3 is 0 Å². The van der Waals surface area contributed by atoms with E-state index in [4.69, 9.17) is 9.26 Å². The largest absolute Gasteiger partial charge is 0.473 e. The second-order valence-electron chi connectivity index (χ2n) is 7.40. The van der Waals surface area contributed by atoms with Crippen molar-refractivity contribution < 1.29 is 9.26 Å². The van der Waals surface area contributed by atoms with Gasteiger partial charge in [-0.1, -0.05) is 41.6 Å². The molecule has 2 aromatic heterocycles. The van der Waals surface area contributed by atoms with Gasteiger partial charge in [0, 0.05) is 64.1 Å². The Bertz CT molecular complexity index is 953. The van der Waals surface area contributed by atoms with Crippen LogP contribution < -0.4 is 10.1 Å². The first-order valence-corrected chi connectivity index (χ1v) is 10.5. The Balaban J connectivity index is 1.29. The summed E-state index contributed by atoms with van der Waals surface area (Å²) >= 11 is 0. The van der Waals surface area contributed by atoms with Crippen LogP contribution in [-0.2, 0) is 19.7 Å². The number of pyridine rings is 1. The molecule has 0 amide bonds. The molecule has 1 aliphatic rings. The number of aliphatic imine (C=N–C) groups is 1. The van der Waals surface area contributed by atoms with Crippen LogP contribution in [0.2, 0.25) is 0 Å². The number of rotatable bonds is 7. The van der Waals surface area contributed by atoms with E-state index < -0.39 is 0 Å². The van der Waals surface area contributed by atoms with Gasteiger partial charge in [0.1, 0.15) is 12.9 Å². The zero-order valence-corrected chi connectivity index (χ0v) is 17.8. The monoisotopic (exact) mass is 420 g/mol. The number of hydrogen-bond donors (Lipinski definition) is 1. The smallest absolute Gasteiger partial charge is 0.218 e. The Morgan fingerprint density at radius 2 is 1.94 bits per heavy atom. The number of nitrogens with one attached hydrogen (secondary N) is 1. The Morgan fingerprint density at radius 1 is 1.10 bits per heavy atom. The minimum atomic E-state index is 0.493. The molecule has 1 aliphatic heterocycles. The van der Waals surface area contributed by atoms with Gasteiger partial charge in [0.25, 0.3) is 0 Å². The fraction of sp³-hybridized carbons (Fsp3) is 0.348. The predicted molar refractivity (Wildman–Crippen MR) is 119 cm³/mol. The summed E-state index contributed by atoms with van der Waals surface area (Å²) in [5.74, 6) is 1.53. The predicted octanol–water partition coefficient (Wildman–Crippen LogP) is 2.54. The lowest BCUT2D eigenvalue weighted by Crippen LogP contribution is -2.52. The molecule has 1 N–H and O–H groups in total. The molecule has 8 nitrogen and oxygen atoms in total. The summed E-state index contributed by atoms with van der Waals surface area (Å²) < 4.78 is 10.9. The van der Waals surface area contributed by atoms with Gasteiger partial charge in [-0.2, -0.15) is 0 Å². The van der Waals surface area contributed by atoms with Crippen molar-refractivity contribution in [1.29, 1.82) is 0 Å². The van der Waals surface area contributed by atoms with Gasteiger partial charge in [-0.25, -0.2) is 4.98 Å². The van der Waals surface area contributed by atoms with E-state index in [1.54, 1.807) is 12.5 Å². The Hall–Kier alpha value is -3.39. The van der Waals surface area contributed by atoms with Gasteiger partial charge in [0.05, 0.1) is 5.69 Å². The molecule has 1 fully saturated rings. The van der Waals surface area contributed by atoms with Crippen molar-refractivity contribution in [2.75, 3.05) is 33.2 Å². The lowest BCUT2D eigenvalue weighted by atomic mass is 10.2. The van der Waals surface area contributed by atoms with Crippen molar-refractivity contribution >= 4 is 5.96 Å². The van der Waals surface area contributed by atoms with Crippen molar-refractivity contribution in [3.63, 3.8) is 0 Å². The van der Waals surface area contributed by atoms with Crippen LogP contribution in [0.1, 0.15) is 16.8 Å². The molecule has 0 unspecified atom stereocenters. The Labute approximate surface area is 182 Å². The first-order chi connectivity index (χ1) is 15.3. The summed E-state index contributed by atoms with van der Waals surface area (Å²) in [5.41, 5.74) is 3.09. The van der Waals surface area contributed by atoms with Gasteiger partial charge < -0.3 is 19.5 Å². The van der Waals surface area contributed by atoms with Gasteiger partial charge in [-0.15, -0.1) is 0 Å². The molecule has 3 heterocycles. The van der Waals surface area contributed by atoms with Crippen LogP contribution in [0, 0.1) is 0 Å². The number of benzene rings is 1. The third kappa shape index (κ3) is 5.82. The van der Waals surface area contributed by atoms with Crippen LogP contribution in [0.25, 0.3) is 0 Å². The Morgan fingerprint density at radius 3 is 2.68 bits per heavy atom. The zero-order valence-electron chi connectivity index (χ0n) is 17.8. The van der Waals surface area contributed by atoms with Crippen molar-refractivity contribution in [1.82, 2.24) is 25.3 Å². The average molecular weight is 421 g/mol. The summed E-state index contributed by atoms with van der Waals surface area (Å²) in [6.45, 7) is 5.62. The van der Waals surface area contributed by atoms with E-state index in [9.17, 15) is 0 Å². The van der Waals surface area contributed by atoms with E-state index in [-0.39, 0.29) is 0 Å². The molecule has 4 rings (SSSR count). The van der Waals surface area contributed by atoms with Crippen LogP contribution >= 0.6 is 0 Å². The fourth-order valence-corrected chi connectivity index (χ4v) is 3.59. The Kier molecular flexibility index (Phi) is 7.12. The second-order valence-corrected chi connectivity index (χ2v) is 7.40.